The van der Waals surface area contributed by atoms with Gasteiger partial charge in [0.15, 0.2) is 11.5 Å². The maximum Gasteiger partial charge on any atom is 0.163 e. The summed E-state index contributed by atoms with van der Waals surface area (Å²) in [5.74, 6) is 1.57. The molecule has 0 atom stereocenters. The van der Waals surface area contributed by atoms with Crippen LogP contribution in [0.3, 0.4) is 0 Å². The van der Waals surface area contributed by atoms with Gasteiger partial charge in [-0.2, -0.15) is 0 Å². The quantitative estimate of drug-likeness (QED) is 0.806. The molecule has 1 aromatic heterocycles. The van der Waals surface area contributed by atoms with E-state index >= 15 is 0 Å². The molecular weight excluding hydrogens is 264 g/mol. The first kappa shape index (κ1) is 15.2. The van der Waals surface area contributed by atoms with E-state index in [0.29, 0.717) is 13.2 Å². The molecule has 0 amide bonds. The van der Waals surface area contributed by atoms with Crippen LogP contribution in [0.4, 0.5) is 5.69 Å². The molecule has 1 N–H and O–H groups in total. The summed E-state index contributed by atoms with van der Waals surface area (Å²) in [5.41, 5.74) is 2.26. The van der Waals surface area contributed by atoms with Crippen LogP contribution in [0, 0.1) is 0 Å². The van der Waals surface area contributed by atoms with Crippen molar-refractivity contribution in [2.24, 2.45) is 0 Å². The molecule has 0 aliphatic rings. The van der Waals surface area contributed by atoms with Crippen LogP contribution in [0.25, 0.3) is 0 Å². The van der Waals surface area contributed by atoms with Gasteiger partial charge >= 0.3 is 0 Å². The second-order valence-corrected chi connectivity index (χ2v) is 4.57. The highest BCUT2D eigenvalue weighted by Gasteiger charge is 2.05. The van der Waals surface area contributed by atoms with E-state index in [1.807, 2.05) is 44.3 Å². The van der Waals surface area contributed by atoms with E-state index in [9.17, 15) is 0 Å². The van der Waals surface area contributed by atoms with Crippen molar-refractivity contribution in [3.05, 3.63) is 48.3 Å². The molecule has 21 heavy (non-hydrogen) atoms. The van der Waals surface area contributed by atoms with Crippen LogP contribution in [-0.4, -0.2) is 24.7 Å². The number of nitrogens with zero attached hydrogens (tertiary/aromatic N) is 1. The van der Waals surface area contributed by atoms with Gasteiger partial charge in [-0.3, -0.25) is 4.98 Å². The molecule has 4 heteroatoms. The van der Waals surface area contributed by atoms with Gasteiger partial charge in [-0.1, -0.05) is 6.07 Å². The lowest BCUT2D eigenvalue weighted by atomic mass is 10.2. The van der Waals surface area contributed by atoms with Crippen molar-refractivity contribution < 1.29 is 9.47 Å². The minimum atomic E-state index is 0.624. The van der Waals surface area contributed by atoms with Crippen molar-refractivity contribution in [1.82, 2.24) is 4.98 Å². The number of anilines is 1. The summed E-state index contributed by atoms with van der Waals surface area (Å²) in [4.78, 5) is 4.12. The van der Waals surface area contributed by atoms with Gasteiger partial charge in [0.1, 0.15) is 0 Å². The summed E-state index contributed by atoms with van der Waals surface area (Å²) >= 11 is 0. The second-order valence-electron chi connectivity index (χ2n) is 4.57. The fourth-order valence-electron chi connectivity index (χ4n) is 2.06. The Morgan fingerprint density at radius 3 is 2.57 bits per heavy atom. The van der Waals surface area contributed by atoms with Crippen LogP contribution in [0.1, 0.15) is 19.4 Å². The average Bonchev–Trinajstić information content (AvgIpc) is 2.51. The number of benzene rings is 1. The molecule has 2 rings (SSSR count). The van der Waals surface area contributed by atoms with E-state index in [4.69, 9.17) is 9.47 Å². The molecule has 1 aromatic carbocycles. The van der Waals surface area contributed by atoms with Gasteiger partial charge in [-0.25, -0.2) is 0 Å². The zero-order valence-corrected chi connectivity index (χ0v) is 12.6. The second kappa shape index (κ2) is 8.15. The minimum Gasteiger partial charge on any atom is -0.490 e. The lowest BCUT2D eigenvalue weighted by Gasteiger charge is -2.13. The van der Waals surface area contributed by atoms with Crippen molar-refractivity contribution in [3.63, 3.8) is 0 Å². The molecular formula is C17H22N2O2. The SMILES string of the molecule is CCOc1ccc(NCCc2cccnc2)cc1OCC. The predicted octanol–water partition coefficient (Wildman–Crippen LogP) is 3.53. The average molecular weight is 286 g/mol. The highest BCUT2D eigenvalue weighted by molar-refractivity contribution is 5.54. The standard InChI is InChI=1S/C17H22N2O2/c1-3-20-16-8-7-15(12-17(16)21-4-2)19-11-9-14-6-5-10-18-13-14/h5-8,10,12-13,19H,3-4,9,11H2,1-2H3. The summed E-state index contributed by atoms with van der Waals surface area (Å²) < 4.78 is 11.2. The van der Waals surface area contributed by atoms with Crippen LogP contribution in [0.5, 0.6) is 11.5 Å². The number of hydrogen-bond acceptors (Lipinski definition) is 4. The molecule has 0 aliphatic heterocycles. The third-order valence-corrected chi connectivity index (χ3v) is 3.01. The predicted molar refractivity (Wildman–Crippen MR) is 85.2 cm³/mol. The van der Waals surface area contributed by atoms with Crippen molar-refractivity contribution >= 4 is 5.69 Å². The molecule has 0 fully saturated rings. The van der Waals surface area contributed by atoms with Crippen molar-refractivity contribution in [3.8, 4) is 11.5 Å². The Bertz CT molecular complexity index is 544. The summed E-state index contributed by atoms with van der Waals surface area (Å²) in [5, 5.41) is 3.40. The first-order valence-corrected chi connectivity index (χ1v) is 7.36. The third-order valence-electron chi connectivity index (χ3n) is 3.01. The van der Waals surface area contributed by atoms with Crippen molar-refractivity contribution in [2.75, 3.05) is 25.1 Å². The van der Waals surface area contributed by atoms with E-state index in [-0.39, 0.29) is 0 Å². The van der Waals surface area contributed by atoms with Crippen LogP contribution in [-0.2, 0) is 6.42 Å². The molecule has 2 aromatic rings. The Morgan fingerprint density at radius 2 is 1.86 bits per heavy atom. The summed E-state index contributed by atoms with van der Waals surface area (Å²) in [6.45, 7) is 6.05. The maximum atomic E-state index is 5.62. The van der Waals surface area contributed by atoms with Gasteiger partial charge in [0.05, 0.1) is 13.2 Å². The first-order chi connectivity index (χ1) is 10.3. The highest BCUT2D eigenvalue weighted by Crippen LogP contribution is 2.30. The summed E-state index contributed by atoms with van der Waals surface area (Å²) in [7, 11) is 0. The zero-order valence-electron chi connectivity index (χ0n) is 12.6. The van der Waals surface area contributed by atoms with Crippen LogP contribution in [0.15, 0.2) is 42.7 Å². The lowest BCUT2D eigenvalue weighted by Crippen LogP contribution is -2.06. The largest absolute Gasteiger partial charge is 0.490 e. The van der Waals surface area contributed by atoms with Crippen LogP contribution < -0.4 is 14.8 Å². The molecule has 112 valence electrons. The number of nitrogens with one attached hydrogen (secondary N) is 1. The van der Waals surface area contributed by atoms with Crippen LogP contribution in [0.2, 0.25) is 0 Å². The fourth-order valence-corrected chi connectivity index (χ4v) is 2.06. The Kier molecular flexibility index (Phi) is 5.88. The Balaban J connectivity index is 1.95. The smallest absolute Gasteiger partial charge is 0.163 e. The molecule has 0 unspecified atom stereocenters. The minimum absolute atomic E-state index is 0.624. The van der Waals surface area contributed by atoms with E-state index < -0.39 is 0 Å². The van der Waals surface area contributed by atoms with Crippen molar-refractivity contribution in [2.45, 2.75) is 20.3 Å². The Morgan fingerprint density at radius 1 is 1.05 bits per heavy atom. The lowest BCUT2D eigenvalue weighted by molar-refractivity contribution is 0.288. The molecule has 4 nitrogen and oxygen atoms in total. The highest BCUT2D eigenvalue weighted by atomic mass is 16.5. The van der Waals surface area contributed by atoms with Gasteiger partial charge in [-0.15, -0.1) is 0 Å². The maximum absolute atomic E-state index is 5.62. The van der Waals surface area contributed by atoms with Gasteiger partial charge < -0.3 is 14.8 Å². The number of aromatic nitrogens is 1. The molecule has 0 aliphatic carbocycles. The summed E-state index contributed by atoms with van der Waals surface area (Å²) in [6.07, 6.45) is 4.62. The monoisotopic (exact) mass is 286 g/mol. The molecule has 0 radical (unpaired) electrons. The zero-order chi connectivity index (χ0) is 14.9. The topological polar surface area (TPSA) is 43.4 Å². The fraction of sp³-hybridized carbons (Fsp3) is 0.353. The normalized spacial score (nSPS) is 10.2. The Labute approximate surface area is 126 Å². The molecule has 0 saturated heterocycles. The number of hydrogen-bond donors (Lipinski definition) is 1. The number of rotatable bonds is 8. The van der Waals surface area contributed by atoms with Gasteiger partial charge in [0, 0.05) is 30.7 Å². The van der Waals surface area contributed by atoms with E-state index in [2.05, 4.69) is 16.4 Å². The first-order valence-electron chi connectivity index (χ1n) is 7.36. The molecule has 0 bridgehead atoms. The number of ether oxygens (including phenoxy) is 2. The van der Waals surface area contributed by atoms with Crippen molar-refractivity contribution in [1.29, 1.82) is 0 Å². The van der Waals surface area contributed by atoms with Gasteiger partial charge in [0.25, 0.3) is 0 Å². The Hall–Kier alpha value is -2.23. The number of pyridine rings is 1. The van der Waals surface area contributed by atoms with E-state index in [1.165, 1.54) is 5.56 Å². The van der Waals surface area contributed by atoms with Gasteiger partial charge in [0.2, 0.25) is 0 Å². The molecule has 0 spiro atoms. The molecule has 1 heterocycles. The summed E-state index contributed by atoms with van der Waals surface area (Å²) in [6, 6.07) is 9.98. The van der Waals surface area contributed by atoms with E-state index in [1.54, 1.807) is 6.20 Å². The van der Waals surface area contributed by atoms with Crippen LogP contribution >= 0.6 is 0 Å². The van der Waals surface area contributed by atoms with E-state index in [0.717, 1.165) is 30.2 Å². The third kappa shape index (κ3) is 4.67. The van der Waals surface area contributed by atoms with Gasteiger partial charge in [-0.05, 0) is 44.0 Å². The molecule has 0 saturated carbocycles.